The lowest BCUT2D eigenvalue weighted by molar-refractivity contribution is -0.138. The van der Waals surface area contributed by atoms with Crippen LogP contribution >= 0.6 is 11.8 Å². The summed E-state index contributed by atoms with van der Waals surface area (Å²) in [6, 6.07) is 2.66. The van der Waals surface area contributed by atoms with Crippen LogP contribution in [-0.4, -0.2) is 31.6 Å². The fraction of sp³-hybridized carbons (Fsp3) is 0.533. The van der Waals surface area contributed by atoms with Gasteiger partial charge in [-0.3, -0.25) is 4.99 Å². The number of nitrogens with zero attached hydrogens (tertiary/aromatic N) is 1. The number of rotatable bonds is 7. The third kappa shape index (κ3) is 7.11. The Hall–Kier alpha value is -1.44. The highest BCUT2D eigenvalue weighted by molar-refractivity contribution is 7.98. The number of nitrogens with one attached hydrogen (secondary N) is 2. The lowest BCUT2D eigenvalue weighted by Gasteiger charge is -2.16. The van der Waals surface area contributed by atoms with Crippen LogP contribution in [0.3, 0.4) is 0 Å². The summed E-state index contributed by atoms with van der Waals surface area (Å²) in [5.74, 6) is 0.585. The summed E-state index contributed by atoms with van der Waals surface area (Å²) in [7, 11) is 1.55. The molecule has 1 aromatic carbocycles. The Morgan fingerprint density at radius 1 is 1.22 bits per heavy atom. The number of halogens is 4. The highest BCUT2D eigenvalue weighted by atomic mass is 32.2. The van der Waals surface area contributed by atoms with Crippen LogP contribution in [0.1, 0.15) is 24.0 Å². The maximum atomic E-state index is 13.1. The van der Waals surface area contributed by atoms with Gasteiger partial charge in [0.1, 0.15) is 5.82 Å². The molecule has 130 valence electrons. The highest BCUT2D eigenvalue weighted by Gasteiger charge is 2.33. The highest BCUT2D eigenvalue weighted by Crippen LogP contribution is 2.32. The minimum atomic E-state index is -4.59. The molecule has 0 saturated heterocycles. The van der Waals surface area contributed by atoms with Crippen LogP contribution in [0.2, 0.25) is 0 Å². The standard InChI is InChI=1S/C15H21F4N3S/c1-20-14(21-7-3-4-8-23-2)22-10-11-5-6-12(16)9-13(11)15(17,18)19/h5-6,9H,3-4,7-8,10H2,1-2H3,(H2,20,21,22). The van der Waals surface area contributed by atoms with E-state index in [2.05, 4.69) is 15.6 Å². The average Bonchev–Trinajstić information content (AvgIpc) is 2.50. The van der Waals surface area contributed by atoms with Gasteiger partial charge in [0.25, 0.3) is 0 Å². The van der Waals surface area contributed by atoms with E-state index in [1.165, 1.54) is 0 Å². The molecule has 3 nitrogen and oxygen atoms in total. The molecular weight excluding hydrogens is 330 g/mol. The lowest BCUT2D eigenvalue weighted by atomic mass is 10.1. The first-order valence-electron chi connectivity index (χ1n) is 7.17. The number of thioether (sulfide) groups is 1. The zero-order valence-electron chi connectivity index (χ0n) is 13.1. The number of hydrogen-bond donors (Lipinski definition) is 2. The maximum absolute atomic E-state index is 13.1. The molecule has 1 aromatic rings. The van der Waals surface area contributed by atoms with Gasteiger partial charge in [-0.15, -0.1) is 0 Å². The first-order valence-corrected chi connectivity index (χ1v) is 8.57. The Balaban J connectivity index is 2.59. The molecule has 0 heterocycles. The summed E-state index contributed by atoms with van der Waals surface area (Å²) in [5.41, 5.74) is -0.996. The molecule has 0 aliphatic rings. The van der Waals surface area contributed by atoms with Gasteiger partial charge in [0.05, 0.1) is 5.56 Å². The quantitative estimate of drug-likeness (QED) is 0.341. The van der Waals surface area contributed by atoms with Crippen molar-refractivity contribution in [2.45, 2.75) is 25.6 Å². The first kappa shape index (κ1) is 19.6. The van der Waals surface area contributed by atoms with Crippen LogP contribution in [-0.2, 0) is 12.7 Å². The molecule has 0 spiro atoms. The Morgan fingerprint density at radius 3 is 2.57 bits per heavy atom. The van der Waals surface area contributed by atoms with Crippen LogP contribution in [0.25, 0.3) is 0 Å². The second kappa shape index (κ2) is 9.64. The monoisotopic (exact) mass is 351 g/mol. The smallest absolute Gasteiger partial charge is 0.356 e. The van der Waals surface area contributed by atoms with E-state index >= 15 is 0 Å². The molecule has 0 bridgehead atoms. The maximum Gasteiger partial charge on any atom is 0.416 e. The Kier molecular flexibility index (Phi) is 8.22. The molecule has 0 radical (unpaired) electrons. The number of benzene rings is 1. The zero-order valence-corrected chi connectivity index (χ0v) is 14.0. The summed E-state index contributed by atoms with van der Waals surface area (Å²) < 4.78 is 51.8. The lowest BCUT2D eigenvalue weighted by Crippen LogP contribution is -2.37. The van der Waals surface area contributed by atoms with E-state index in [0.29, 0.717) is 18.6 Å². The van der Waals surface area contributed by atoms with Gasteiger partial charge in [0.2, 0.25) is 0 Å². The minimum Gasteiger partial charge on any atom is -0.356 e. The third-order valence-electron chi connectivity index (χ3n) is 3.11. The Labute approximate surface area is 137 Å². The fourth-order valence-electron chi connectivity index (χ4n) is 1.94. The van der Waals surface area contributed by atoms with Crippen molar-refractivity contribution in [2.75, 3.05) is 25.6 Å². The van der Waals surface area contributed by atoms with Crippen LogP contribution in [0, 0.1) is 5.82 Å². The molecule has 1 rings (SSSR count). The van der Waals surface area contributed by atoms with E-state index < -0.39 is 17.6 Å². The van der Waals surface area contributed by atoms with E-state index in [-0.39, 0.29) is 12.1 Å². The van der Waals surface area contributed by atoms with Crippen molar-refractivity contribution in [3.63, 3.8) is 0 Å². The van der Waals surface area contributed by atoms with Crippen LogP contribution in [0.4, 0.5) is 17.6 Å². The number of unbranched alkanes of at least 4 members (excludes halogenated alkanes) is 1. The summed E-state index contributed by atoms with van der Waals surface area (Å²) in [4.78, 5) is 3.96. The molecule has 0 amide bonds. The van der Waals surface area contributed by atoms with Gasteiger partial charge in [-0.05, 0) is 42.5 Å². The van der Waals surface area contributed by atoms with Crippen LogP contribution in [0.15, 0.2) is 23.2 Å². The number of alkyl halides is 3. The molecule has 8 heteroatoms. The van der Waals surface area contributed by atoms with Crippen LogP contribution < -0.4 is 10.6 Å². The third-order valence-corrected chi connectivity index (χ3v) is 3.81. The predicted octanol–water partition coefficient (Wildman–Crippen LogP) is 3.65. The zero-order chi connectivity index (χ0) is 17.3. The molecule has 23 heavy (non-hydrogen) atoms. The van der Waals surface area contributed by atoms with Gasteiger partial charge < -0.3 is 10.6 Å². The largest absolute Gasteiger partial charge is 0.416 e. The molecule has 0 saturated carbocycles. The average molecular weight is 351 g/mol. The van der Waals surface area contributed by atoms with Crippen molar-refractivity contribution in [3.05, 3.63) is 35.1 Å². The summed E-state index contributed by atoms with van der Waals surface area (Å²) in [5, 5.41) is 5.86. The van der Waals surface area contributed by atoms with Gasteiger partial charge in [-0.25, -0.2) is 4.39 Å². The van der Waals surface area contributed by atoms with Gasteiger partial charge >= 0.3 is 6.18 Å². The summed E-state index contributed by atoms with van der Waals surface area (Å²) >= 11 is 1.77. The van der Waals surface area contributed by atoms with E-state index in [9.17, 15) is 17.6 Å². The second-order valence-corrected chi connectivity index (χ2v) is 5.84. The molecule has 0 atom stereocenters. The van der Waals surface area contributed by atoms with Crippen molar-refractivity contribution in [3.8, 4) is 0 Å². The topological polar surface area (TPSA) is 36.4 Å². The molecular formula is C15H21F4N3S. The second-order valence-electron chi connectivity index (χ2n) is 4.85. The van der Waals surface area contributed by atoms with Crippen molar-refractivity contribution in [1.82, 2.24) is 10.6 Å². The predicted molar refractivity (Wildman–Crippen MR) is 87.2 cm³/mol. The van der Waals surface area contributed by atoms with E-state index in [0.717, 1.165) is 30.7 Å². The van der Waals surface area contributed by atoms with Gasteiger partial charge in [-0.2, -0.15) is 24.9 Å². The summed E-state index contributed by atoms with van der Waals surface area (Å²) in [6.45, 7) is 0.607. The van der Waals surface area contributed by atoms with Gasteiger partial charge in [-0.1, -0.05) is 6.07 Å². The minimum absolute atomic E-state index is 0.0239. The van der Waals surface area contributed by atoms with Crippen molar-refractivity contribution in [1.29, 1.82) is 0 Å². The Bertz CT molecular complexity index is 518. The number of hydrogen-bond acceptors (Lipinski definition) is 2. The normalized spacial score (nSPS) is 12.3. The molecule has 0 unspecified atom stereocenters. The Morgan fingerprint density at radius 2 is 1.96 bits per heavy atom. The van der Waals surface area contributed by atoms with E-state index in [4.69, 9.17) is 0 Å². The number of guanidine groups is 1. The molecule has 0 aliphatic carbocycles. The van der Waals surface area contributed by atoms with E-state index in [1.54, 1.807) is 18.8 Å². The summed E-state index contributed by atoms with van der Waals surface area (Å²) in [6.07, 6.45) is -0.546. The fourth-order valence-corrected chi connectivity index (χ4v) is 2.44. The number of aliphatic imine (C=N–C) groups is 1. The van der Waals surface area contributed by atoms with Crippen LogP contribution in [0.5, 0.6) is 0 Å². The van der Waals surface area contributed by atoms with Crippen molar-refractivity contribution >= 4 is 17.7 Å². The first-order chi connectivity index (χ1) is 10.9. The van der Waals surface area contributed by atoms with Gasteiger partial charge in [0.15, 0.2) is 5.96 Å². The van der Waals surface area contributed by atoms with Crippen molar-refractivity contribution < 1.29 is 17.6 Å². The SMILES string of the molecule is CN=C(NCCCCSC)NCc1ccc(F)cc1C(F)(F)F. The molecule has 0 aliphatic heterocycles. The molecule has 2 N–H and O–H groups in total. The van der Waals surface area contributed by atoms with E-state index in [1.807, 2.05) is 6.26 Å². The van der Waals surface area contributed by atoms with Gasteiger partial charge in [0, 0.05) is 20.1 Å². The van der Waals surface area contributed by atoms with Crippen molar-refractivity contribution in [2.24, 2.45) is 4.99 Å². The molecule has 0 aromatic heterocycles. The molecule has 0 fully saturated rings.